The number of carbonyl (C=O) groups is 2. The number of carboxylic acids is 2. The zero-order chi connectivity index (χ0) is 15.4. The van der Waals surface area contributed by atoms with Gasteiger partial charge in [-0.15, -0.1) is 0 Å². The van der Waals surface area contributed by atoms with Crippen molar-refractivity contribution in [3.63, 3.8) is 0 Å². The Kier molecular flexibility index (Phi) is 6.27. The molecular formula is C15H26O4. The normalized spacial score (nSPS) is 11.8. The van der Waals surface area contributed by atoms with E-state index in [0.29, 0.717) is 17.4 Å². The first-order valence-electron chi connectivity index (χ1n) is 6.69. The molecule has 4 heteroatoms. The van der Waals surface area contributed by atoms with Gasteiger partial charge in [0.2, 0.25) is 0 Å². The smallest absolute Gasteiger partial charge is 0.343 e. The largest absolute Gasteiger partial charge is 0.477 e. The molecule has 2 N–H and O–H groups in total. The van der Waals surface area contributed by atoms with Crippen LogP contribution >= 0.6 is 0 Å². The highest BCUT2D eigenvalue weighted by Crippen LogP contribution is 2.41. The third-order valence-corrected chi connectivity index (χ3v) is 3.43. The van der Waals surface area contributed by atoms with Gasteiger partial charge < -0.3 is 10.2 Å². The summed E-state index contributed by atoms with van der Waals surface area (Å²) in [6, 6.07) is 0. The van der Waals surface area contributed by atoms with Crippen LogP contribution in [0.2, 0.25) is 0 Å². The highest BCUT2D eigenvalue weighted by molar-refractivity contribution is 6.13. The van der Waals surface area contributed by atoms with Gasteiger partial charge in [-0.3, -0.25) is 0 Å². The molecule has 0 fully saturated rings. The van der Waals surface area contributed by atoms with E-state index < -0.39 is 22.9 Å². The number of allylic oxidation sites excluding steroid dienone is 1. The van der Waals surface area contributed by atoms with Crippen molar-refractivity contribution in [1.29, 1.82) is 0 Å². The summed E-state index contributed by atoms with van der Waals surface area (Å²) in [5, 5.41) is 18.2. The molecule has 0 spiro atoms. The molecule has 0 rings (SSSR count). The van der Waals surface area contributed by atoms with E-state index in [4.69, 9.17) is 10.2 Å². The standard InChI is InChI=1S/C15H26O4/c1-9(2)7-15(6,8-10(3)4)11(5)12(13(16)17)14(18)19/h9-10H,7-8H2,1-6H3,(H,16,17)(H,18,19). The Hall–Kier alpha value is -1.32. The van der Waals surface area contributed by atoms with Crippen LogP contribution in [-0.4, -0.2) is 22.2 Å². The van der Waals surface area contributed by atoms with E-state index in [-0.39, 0.29) is 0 Å². The lowest BCUT2D eigenvalue weighted by Gasteiger charge is -2.35. The molecule has 0 aromatic carbocycles. The van der Waals surface area contributed by atoms with Gasteiger partial charge in [0.05, 0.1) is 0 Å². The van der Waals surface area contributed by atoms with E-state index in [1.54, 1.807) is 6.92 Å². The molecule has 0 aliphatic heterocycles. The quantitative estimate of drug-likeness (QED) is 0.421. The fourth-order valence-electron chi connectivity index (χ4n) is 2.91. The first kappa shape index (κ1) is 17.7. The van der Waals surface area contributed by atoms with Crippen LogP contribution in [0.4, 0.5) is 0 Å². The van der Waals surface area contributed by atoms with Crippen LogP contribution in [0.3, 0.4) is 0 Å². The fourth-order valence-corrected chi connectivity index (χ4v) is 2.91. The topological polar surface area (TPSA) is 74.6 Å². The maximum Gasteiger partial charge on any atom is 0.343 e. The van der Waals surface area contributed by atoms with Crippen LogP contribution in [-0.2, 0) is 9.59 Å². The highest BCUT2D eigenvalue weighted by Gasteiger charge is 2.34. The molecule has 0 saturated carbocycles. The van der Waals surface area contributed by atoms with E-state index in [2.05, 4.69) is 27.7 Å². The van der Waals surface area contributed by atoms with E-state index in [1.165, 1.54) is 0 Å². The lowest BCUT2D eigenvalue weighted by molar-refractivity contribution is -0.140. The molecule has 0 aliphatic carbocycles. The SMILES string of the molecule is CC(=C(C(=O)O)C(=O)O)C(C)(CC(C)C)CC(C)C. The zero-order valence-corrected chi connectivity index (χ0v) is 12.8. The molecule has 0 saturated heterocycles. The first-order valence-corrected chi connectivity index (χ1v) is 6.69. The van der Waals surface area contributed by atoms with Crippen LogP contribution in [0.1, 0.15) is 54.4 Å². The van der Waals surface area contributed by atoms with Gasteiger partial charge >= 0.3 is 11.9 Å². The molecule has 0 aromatic rings. The summed E-state index contributed by atoms with van der Waals surface area (Å²) in [4.78, 5) is 22.3. The average Bonchev–Trinajstić information content (AvgIpc) is 2.12. The first-order chi connectivity index (χ1) is 8.51. The molecule has 0 bridgehead atoms. The van der Waals surface area contributed by atoms with Gasteiger partial charge in [-0.25, -0.2) is 9.59 Å². The minimum Gasteiger partial charge on any atom is -0.477 e. The van der Waals surface area contributed by atoms with Crippen molar-refractivity contribution in [1.82, 2.24) is 0 Å². The number of hydrogen-bond acceptors (Lipinski definition) is 2. The van der Waals surface area contributed by atoms with Crippen LogP contribution in [0.25, 0.3) is 0 Å². The fraction of sp³-hybridized carbons (Fsp3) is 0.733. The molecule has 0 unspecified atom stereocenters. The lowest BCUT2D eigenvalue weighted by Crippen LogP contribution is -2.27. The molecule has 4 nitrogen and oxygen atoms in total. The molecule has 0 aliphatic rings. The van der Waals surface area contributed by atoms with E-state index >= 15 is 0 Å². The average molecular weight is 270 g/mol. The van der Waals surface area contributed by atoms with Crippen molar-refractivity contribution >= 4 is 11.9 Å². The lowest BCUT2D eigenvalue weighted by atomic mass is 9.70. The second-order valence-electron chi connectivity index (χ2n) is 6.37. The summed E-state index contributed by atoms with van der Waals surface area (Å²) in [7, 11) is 0. The predicted octanol–water partition coefficient (Wildman–Crippen LogP) is 3.57. The minimum atomic E-state index is -1.36. The predicted molar refractivity (Wildman–Crippen MR) is 75.0 cm³/mol. The van der Waals surface area contributed by atoms with Gasteiger partial charge in [-0.05, 0) is 42.6 Å². The Labute approximate surface area is 115 Å². The monoisotopic (exact) mass is 270 g/mol. The molecule has 110 valence electrons. The number of carboxylic acid groups (broad SMARTS) is 2. The van der Waals surface area contributed by atoms with Crippen LogP contribution in [0.5, 0.6) is 0 Å². The van der Waals surface area contributed by atoms with Gasteiger partial charge in [0.1, 0.15) is 5.57 Å². The van der Waals surface area contributed by atoms with E-state index in [1.807, 2.05) is 6.92 Å². The van der Waals surface area contributed by atoms with Crippen LogP contribution < -0.4 is 0 Å². The summed E-state index contributed by atoms with van der Waals surface area (Å²) in [5.74, 6) is -1.96. The van der Waals surface area contributed by atoms with Crippen molar-refractivity contribution in [3.8, 4) is 0 Å². The maximum atomic E-state index is 11.2. The summed E-state index contributed by atoms with van der Waals surface area (Å²) in [6.07, 6.45) is 1.56. The van der Waals surface area contributed by atoms with E-state index in [9.17, 15) is 9.59 Å². The molecule has 0 aromatic heterocycles. The van der Waals surface area contributed by atoms with Crippen LogP contribution in [0.15, 0.2) is 11.1 Å². The minimum absolute atomic E-state index is 0.377. The Morgan fingerprint density at radius 3 is 1.47 bits per heavy atom. The summed E-state index contributed by atoms with van der Waals surface area (Å²) >= 11 is 0. The van der Waals surface area contributed by atoms with E-state index in [0.717, 1.165) is 12.8 Å². The Morgan fingerprint density at radius 1 is 0.947 bits per heavy atom. The molecule has 19 heavy (non-hydrogen) atoms. The van der Waals surface area contributed by atoms with Gasteiger partial charge in [-0.1, -0.05) is 34.6 Å². The Balaban J connectivity index is 5.76. The summed E-state index contributed by atoms with van der Waals surface area (Å²) in [6.45, 7) is 11.9. The maximum absolute atomic E-state index is 11.2. The molecule has 0 heterocycles. The van der Waals surface area contributed by atoms with Gasteiger partial charge in [0.15, 0.2) is 0 Å². The van der Waals surface area contributed by atoms with Gasteiger partial charge in [0.25, 0.3) is 0 Å². The number of aliphatic carboxylic acids is 2. The van der Waals surface area contributed by atoms with Gasteiger partial charge in [0, 0.05) is 0 Å². The second kappa shape index (κ2) is 6.73. The summed E-state index contributed by atoms with van der Waals surface area (Å²) < 4.78 is 0. The highest BCUT2D eigenvalue weighted by atomic mass is 16.4. The van der Waals surface area contributed by atoms with Crippen molar-refractivity contribution in [2.45, 2.75) is 54.4 Å². The number of rotatable bonds is 7. The van der Waals surface area contributed by atoms with Crippen molar-refractivity contribution in [2.75, 3.05) is 0 Å². The molecular weight excluding hydrogens is 244 g/mol. The third kappa shape index (κ3) is 5.05. The Morgan fingerprint density at radius 2 is 1.26 bits per heavy atom. The molecule has 0 atom stereocenters. The van der Waals surface area contributed by atoms with Gasteiger partial charge in [-0.2, -0.15) is 0 Å². The second-order valence-corrected chi connectivity index (χ2v) is 6.37. The van der Waals surface area contributed by atoms with Crippen molar-refractivity contribution in [3.05, 3.63) is 11.1 Å². The van der Waals surface area contributed by atoms with Crippen molar-refractivity contribution < 1.29 is 19.8 Å². The van der Waals surface area contributed by atoms with Crippen LogP contribution in [0, 0.1) is 17.3 Å². The Bertz CT molecular complexity index is 352. The molecule has 0 amide bonds. The zero-order valence-electron chi connectivity index (χ0n) is 12.8. The third-order valence-electron chi connectivity index (χ3n) is 3.43. The van der Waals surface area contributed by atoms with Crippen molar-refractivity contribution in [2.24, 2.45) is 17.3 Å². The summed E-state index contributed by atoms with van der Waals surface area (Å²) in [5.41, 5.74) is -0.409. The molecule has 0 radical (unpaired) electrons. The number of hydrogen-bond donors (Lipinski definition) is 2.